The van der Waals surface area contributed by atoms with Crippen molar-refractivity contribution in [3.05, 3.63) is 11.1 Å². The van der Waals surface area contributed by atoms with Gasteiger partial charge in [0.2, 0.25) is 5.71 Å². The van der Waals surface area contributed by atoms with Gasteiger partial charge in [-0.2, -0.15) is 0 Å². The molecule has 0 amide bonds. The molecular formula is C8H11N3O3S. The van der Waals surface area contributed by atoms with Crippen molar-refractivity contribution < 1.29 is 14.4 Å². The van der Waals surface area contributed by atoms with Crippen LogP contribution >= 0.6 is 11.3 Å². The molecule has 2 N–H and O–H groups in total. The second-order valence-corrected chi connectivity index (χ2v) is 3.47. The quantitative estimate of drug-likeness (QED) is 0.465. The molecule has 0 saturated heterocycles. The van der Waals surface area contributed by atoms with Gasteiger partial charge in [0.1, 0.15) is 7.11 Å². The summed E-state index contributed by atoms with van der Waals surface area (Å²) in [6, 6.07) is 0. The van der Waals surface area contributed by atoms with Crippen molar-refractivity contribution in [2.24, 2.45) is 5.16 Å². The van der Waals surface area contributed by atoms with E-state index in [4.69, 9.17) is 10.5 Å². The van der Waals surface area contributed by atoms with Crippen LogP contribution in [0.2, 0.25) is 0 Å². The van der Waals surface area contributed by atoms with Gasteiger partial charge in [0, 0.05) is 0 Å². The molecule has 15 heavy (non-hydrogen) atoms. The minimum atomic E-state index is -0.553. The number of hydrogen-bond acceptors (Lipinski definition) is 7. The number of carbonyl (C=O) groups is 1. The molecule has 0 unspecified atom stereocenters. The third kappa shape index (κ3) is 2.91. The molecule has 0 aliphatic heterocycles. The van der Waals surface area contributed by atoms with Crippen LogP contribution < -0.4 is 5.73 Å². The third-order valence-electron chi connectivity index (χ3n) is 1.41. The van der Waals surface area contributed by atoms with Gasteiger partial charge in [-0.15, -0.1) is 0 Å². The summed E-state index contributed by atoms with van der Waals surface area (Å²) in [5.41, 5.74) is 5.52. The van der Waals surface area contributed by atoms with Crippen molar-refractivity contribution in [2.45, 2.75) is 6.92 Å². The number of nitrogens with zero attached hydrogens (tertiary/aromatic N) is 2. The molecule has 0 aliphatic carbocycles. The van der Waals surface area contributed by atoms with Gasteiger partial charge in [-0.05, 0) is 6.92 Å². The van der Waals surface area contributed by atoms with Crippen molar-refractivity contribution >= 4 is 28.1 Å². The summed E-state index contributed by atoms with van der Waals surface area (Å²) in [7, 11) is 1.35. The minimum Gasteiger partial charge on any atom is -0.461 e. The number of aromatic nitrogens is 1. The van der Waals surface area contributed by atoms with Crippen molar-refractivity contribution in [1.82, 2.24) is 4.98 Å². The molecule has 0 aromatic carbocycles. The van der Waals surface area contributed by atoms with Crippen molar-refractivity contribution in [3.8, 4) is 0 Å². The lowest BCUT2D eigenvalue weighted by Crippen LogP contribution is -2.18. The summed E-state index contributed by atoms with van der Waals surface area (Å²) in [5, 5.41) is 3.94. The average Bonchev–Trinajstić information content (AvgIpc) is 2.61. The highest BCUT2D eigenvalue weighted by Gasteiger charge is 2.18. The molecule has 1 rings (SSSR count). The Bertz CT molecular complexity index is 375. The zero-order valence-corrected chi connectivity index (χ0v) is 9.21. The Balaban J connectivity index is 2.93. The summed E-state index contributed by atoms with van der Waals surface area (Å²) in [4.78, 5) is 20.3. The number of rotatable bonds is 4. The van der Waals surface area contributed by atoms with E-state index in [9.17, 15) is 4.79 Å². The number of ether oxygens (including phenoxy) is 1. The van der Waals surface area contributed by atoms with E-state index in [1.807, 2.05) is 0 Å². The molecule has 0 atom stereocenters. The van der Waals surface area contributed by atoms with E-state index < -0.39 is 5.97 Å². The maximum atomic E-state index is 11.4. The summed E-state index contributed by atoms with van der Waals surface area (Å²) >= 11 is 1.15. The molecule has 0 fully saturated rings. The molecule has 0 saturated carbocycles. The van der Waals surface area contributed by atoms with Crippen molar-refractivity contribution in [1.29, 1.82) is 0 Å². The molecular weight excluding hydrogens is 218 g/mol. The zero-order valence-electron chi connectivity index (χ0n) is 8.39. The van der Waals surface area contributed by atoms with E-state index in [1.165, 1.54) is 13.3 Å². The standard InChI is InChI=1S/C8H11N3O3S/c1-3-14-7(12)6(11-13-2)5-4-10-8(9)15-5/h4H,3H2,1-2H3,(H2,9,10)/b11-6-. The van der Waals surface area contributed by atoms with E-state index in [0.29, 0.717) is 10.0 Å². The summed E-state index contributed by atoms with van der Waals surface area (Å²) in [6.07, 6.45) is 1.45. The van der Waals surface area contributed by atoms with Crippen LogP contribution in [0, 0.1) is 0 Å². The Labute approximate surface area is 90.7 Å². The fourth-order valence-corrected chi connectivity index (χ4v) is 1.52. The van der Waals surface area contributed by atoms with Gasteiger partial charge in [-0.25, -0.2) is 9.78 Å². The summed E-state index contributed by atoms with van der Waals surface area (Å²) < 4.78 is 4.81. The lowest BCUT2D eigenvalue weighted by molar-refractivity contribution is -0.135. The molecule has 0 radical (unpaired) electrons. The number of anilines is 1. The first kappa shape index (κ1) is 11.4. The van der Waals surface area contributed by atoms with Gasteiger partial charge in [-0.1, -0.05) is 16.5 Å². The van der Waals surface area contributed by atoms with E-state index in [0.717, 1.165) is 11.3 Å². The van der Waals surface area contributed by atoms with Crippen LogP contribution in [0.15, 0.2) is 11.4 Å². The Kier molecular flexibility index (Phi) is 4.04. The topological polar surface area (TPSA) is 86.8 Å². The molecule has 6 nitrogen and oxygen atoms in total. The van der Waals surface area contributed by atoms with Crippen molar-refractivity contribution in [3.63, 3.8) is 0 Å². The molecule has 0 spiro atoms. The molecule has 7 heteroatoms. The number of thiazole rings is 1. The highest BCUT2D eigenvalue weighted by Crippen LogP contribution is 2.16. The molecule has 0 aliphatic rings. The molecule has 82 valence electrons. The van der Waals surface area contributed by atoms with Gasteiger partial charge in [0.15, 0.2) is 5.13 Å². The number of oxime groups is 1. The predicted molar refractivity (Wildman–Crippen MR) is 56.7 cm³/mol. The smallest absolute Gasteiger partial charge is 0.361 e. The number of nitrogens with two attached hydrogens (primary N) is 1. The Morgan fingerprint density at radius 3 is 2.93 bits per heavy atom. The van der Waals surface area contributed by atoms with Crippen LogP contribution in [0.4, 0.5) is 5.13 Å². The maximum Gasteiger partial charge on any atom is 0.361 e. The lowest BCUT2D eigenvalue weighted by atomic mass is 10.3. The van der Waals surface area contributed by atoms with E-state index >= 15 is 0 Å². The molecule has 1 aromatic heterocycles. The maximum absolute atomic E-state index is 11.4. The minimum absolute atomic E-state index is 0.0774. The van der Waals surface area contributed by atoms with Crippen LogP contribution in [-0.2, 0) is 14.4 Å². The SMILES string of the molecule is CCOC(=O)/C(=N\OC)c1cnc(N)s1. The second-order valence-electron chi connectivity index (χ2n) is 2.41. The van der Waals surface area contributed by atoms with Crippen LogP contribution in [0.25, 0.3) is 0 Å². The Hall–Kier alpha value is -1.63. The van der Waals surface area contributed by atoms with Gasteiger partial charge in [0.05, 0.1) is 17.7 Å². The number of esters is 1. The largest absolute Gasteiger partial charge is 0.461 e. The first-order chi connectivity index (χ1) is 7.19. The average molecular weight is 229 g/mol. The van der Waals surface area contributed by atoms with Gasteiger partial charge in [0.25, 0.3) is 0 Å². The zero-order chi connectivity index (χ0) is 11.3. The van der Waals surface area contributed by atoms with Gasteiger partial charge in [-0.3, -0.25) is 0 Å². The van der Waals surface area contributed by atoms with Gasteiger partial charge >= 0.3 is 5.97 Å². The normalized spacial score (nSPS) is 11.2. The molecule has 1 heterocycles. The fourth-order valence-electron chi connectivity index (χ4n) is 0.871. The van der Waals surface area contributed by atoms with Crippen LogP contribution in [0.1, 0.15) is 11.8 Å². The van der Waals surface area contributed by atoms with E-state index in [1.54, 1.807) is 6.92 Å². The highest BCUT2D eigenvalue weighted by molar-refractivity contribution is 7.18. The van der Waals surface area contributed by atoms with E-state index in [2.05, 4.69) is 15.0 Å². The monoisotopic (exact) mass is 229 g/mol. The van der Waals surface area contributed by atoms with Crippen LogP contribution in [-0.4, -0.2) is 30.4 Å². The molecule has 0 bridgehead atoms. The Morgan fingerprint density at radius 2 is 2.47 bits per heavy atom. The first-order valence-electron chi connectivity index (χ1n) is 4.19. The lowest BCUT2D eigenvalue weighted by Gasteiger charge is -2.01. The fraction of sp³-hybridized carbons (Fsp3) is 0.375. The summed E-state index contributed by atoms with van der Waals surface area (Å²) in [5.74, 6) is -0.553. The first-order valence-corrected chi connectivity index (χ1v) is 5.00. The number of carbonyl (C=O) groups excluding carboxylic acids is 1. The van der Waals surface area contributed by atoms with Crippen LogP contribution in [0.5, 0.6) is 0 Å². The van der Waals surface area contributed by atoms with Gasteiger partial charge < -0.3 is 15.3 Å². The predicted octanol–water partition coefficient (Wildman–Crippen LogP) is 0.639. The van der Waals surface area contributed by atoms with Crippen LogP contribution in [0.3, 0.4) is 0 Å². The number of nitrogen functional groups attached to an aromatic ring is 1. The number of hydrogen-bond donors (Lipinski definition) is 1. The summed E-state index contributed by atoms with van der Waals surface area (Å²) in [6.45, 7) is 1.99. The van der Waals surface area contributed by atoms with E-state index in [-0.39, 0.29) is 12.3 Å². The highest BCUT2D eigenvalue weighted by atomic mass is 32.1. The van der Waals surface area contributed by atoms with Crippen molar-refractivity contribution in [2.75, 3.05) is 19.5 Å². The molecule has 1 aromatic rings. The third-order valence-corrected chi connectivity index (χ3v) is 2.24. The second kappa shape index (κ2) is 5.30. The Morgan fingerprint density at radius 1 is 1.73 bits per heavy atom.